The third-order valence-corrected chi connectivity index (χ3v) is 3.86. The van der Waals surface area contributed by atoms with E-state index >= 15 is 0 Å². The highest BCUT2D eigenvalue weighted by Crippen LogP contribution is 2.33. The van der Waals surface area contributed by atoms with Crippen molar-refractivity contribution in [3.63, 3.8) is 0 Å². The van der Waals surface area contributed by atoms with Gasteiger partial charge in [-0.05, 0) is 66.0 Å². The number of ether oxygens (including phenoxy) is 2. The third-order valence-electron chi connectivity index (χ3n) is 3.29. The van der Waals surface area contributed by atoms with E-state index in [1.54, 1.807) is 18.2 Å². The van der Waals surface area contributed by atoms with Crippen LogP contribution >= 0.6 is 15.9 Å². The number of ketones is 1. The van der Waals surface area contributed by atoms with Crippen molar-refractivity contribution in [2.75, 3.05) is 7.11 Å². The lowest BCUT2D eigenvalue weighted by Gasteiger charge is -2.13. The van der Waals surface area contributed by atoms with Crippen molar-refractivity contribution in [1.29, 1.82) is 0 Å². The normalized spacial score (nSPS) is 10.3. The largest absolute Gasteiger partial charge is 0.465 e. The van der Waals surface area contributed by atoms with Crippen LogP contribution < -0.4 is 4.74 Å². The number of Topliss-reactive ketones (excluding diaryl/α,β-unsaturated/α-hetero) is 1. The highest BCUT2D eigenvalue weighted by atomic mass is 79.9. The number of carbonyl (C=O) groups excluding carboxylic acids is 2. The van der Waals surface area contributed by atoms with Gasteiger partial charge < -0.3 is 9.47 Å². The van der Waals surface area contributed by atoms with Crippen LogP contribution in [0.3, 0.4) is 0 Å². The summed E-state index contributed by atoms with van der Waals surface area (Å²) in [5.41, 5.74) is 2.63. The molecule has 6 heteroatoms. The van der Waals surface area contributed by atoms with Crippen LogP contribution in [0.1, 0.15) is 38.8 Å². The third kappa shape index (κ3) is 3.76. The molecule has 0 aliphatic heterocycles. The number of pyridine rings is 1. The maximum atomic E-state index is 11.5. The van der Waals surface area contributed by atoms with Gasteiger partial charge in [0.05, 0.1) is 17.1 Å². The summed E-state index contributed by atoms with van der Waals surface area (Å²) in [5.74, 6) is 0.501. The molecule has 0 bridgehead atoms. The van der Waals surface area contributed by atoms with Gasteiger partial charge in [-0.1, -0.05) is 0 Å². The van der Waals surface area contributed by atoms with Crippen molar-refractivity contribution < 1.29 is 19.1 Å². The van der Waals surface area contributed by atoms with E-state index in [1.807, 2.05) is 13.8 Å². The molecule has 23 heavy (non-hydrogen) atoms. The number of benzene rings is 1. The number of esters is 1. The van der Waals surface area contributed by atoms with E-state index in [1.165, 1.54) is 20.2 Å². The number of rotatable bonds is 4. The molecule has 0 aliphatic carbocycles. The number of hydrogen-bond donors (Lipinski definition) is 0. The second kappa shape index (κ2) is 6.91. The number of nitrogens with zero attached hydrogens (tertiary/aromatic N) is 1. The molecule has 0 amide bonds. The second-order valence-electron chi connectivity index (χ2n) is 5.10. The van der Waals surface area contributed by atoms with Crippen molar-refractivity contribution in [3.8, 4) is 11.6 Å². The molecular weight excluding hydrogens is 362 g/mol. The molecule has 2 rings (SSSR count). The Balaban J connectivity index is 2.36. The minimum Gasteiger partial charge on any atom is -0.465 e. The summed E-state index contributed by atoms with van der Waals surface area (Å²) in [6.45, 7) is 5.26. The van der Waals surface area contributed by atoms with Gasteiger partial charge in [-0.15, -0.1) is 0 Å². The molecule has 0 spiro atoms. The summed E-state index contributed by atoms with van der Waals surface area (Å²) in [7, 11) is 1.31. The number of methoxy groups -OCH3 is 1. The van der Waals surface area contributed by atoms with Gasteiger partial charge in [-0.2, -0.15) is 0 Å². The number of carbonyl (C=O) groups is 2. The minimum absolute atomic E-state index is 0.00415. The van der Waals surface area contributed by atoms with Crippen molar-refractivity contribution in [2.45, 2.75) is 20.8 Å². The van der Waals surface area contributed by atoms with Crippen LogP contribution in [-0.4, -0.2) is 23.8 Å². The van der Waals surface area contributed by atoms with Gasteiger partial charge in [0.1, 0.15) is 5.75 Å². The first-order valence-corrected chi connectivity index (χ1v) is 7.66. The first-order valence-electron chi connectivity index (χ1n) is 6.87. The summed E-state index contributed by atoms with van der Waals surface area (Å²) in [6, 6.07) is 5.14. The zero-order chi connectivity index (χ0) is 17.1. The van der Waals surface area contributed by atoms with Gasteiger partial charge in [0.2, 0.25) is 5.88 Å². The highest BCUT2D eigenvalue weighted by Gasteiger charge is 2.14. The molecule has 1 aromatic carbocycles. The summed E-state index contributed by atoms with van der Waals surface area (Å²) in [4.78, 5) is 27.1. The first kappa shape index (κ1) is 17.1. The monoisotopic (exact) mass is 377 g/mol. The quantitative estimate of drug-likeness (QED) is 0.588. The van der Waals surface area contributed by atoms with Crippen LogP contribution in [0.4, 0.5) is 0 Å². The van der Waals surface area contributed by atoms with Gasteiger partial charge >= 0.3 is 5.97 Å². The van der Waals surface area contributed by atoms with Crippen LogP contribution in [0.15, 0.2) is 28.9 Å². The SMILES string of the molecule is COC(=O)c1cnc(Oc2c(C)cc(C(C)=O)cc2C)c(Br)c1. The number of aryl methyl sites for hydroxylation is 2. The van der Waals surface area contributed by atoms with Crippen molar-refractivity contribution >= 4 is 27.7 Å². The molecule has 5 nitrogen and oxygen atoms in total. The molecule has 1 heterocycles. The molecule has 120 valence electrons. The minimum atomic E-state index is -0.470. The maximum absolute atomic E-state index is 11.5. The van der Waals surface area contributed by atoms with Crippen LogP contribution in [0.5, 0.6) is 11.6 Å². The average molecular weight is 378 g/mol. The Labute approximate surface area is 142 Å². The number of aromatic nitrogens is 1. The first-order chi connectivity index (χ1) is 10.8. The van der Waals surface area contributed by atoms with Gasteiger partial charge in [0.25, 0.3) is 0 Å². The summed E-state index contributed by atoms with van der Waals surface area (Å²) in [6.07, 6.45) is 1.39. The molecule has 0 fully saturated rings. The van der Waals surface area contributed by atoms with E-state index in [0.29, 0.717) is 27.2 Å². The highest BCUT2D eigenvalue weighted by molar-refractivity contribution is 9.10. The van der Waals surface area contributed by atoms with E-state index in [0.717, 1.165) is 11.1 Å². The maximum Gasteiger partial charge on any atom is 0.339 e. The average Bonchev–Trinajstić information content (AvgIpc) is 2.50. The van der Waals surface area contributed by atoms with Crippen LogP contribution in [-0.2, 0) is 4.74 Å². The van der Waals surface area contributed by atoms with Crippen molar-refractivity contribution in [3.05, 3.63) is 51.1 Å². The molecule has 0 N–H and O–H groups in total. The Bertz CT molecular complexity index is 763. The van der Waals surface area contributed by atoms with E-state index in [-0.39, 0.29) is 5.78 Å². The molecule has 2 aromatic rings. The zero-order valence-corrected chi connectivity index (χ0v) is 14.9. The van der Waals surface area contributed by atoms with E-state index in [4.69, 9.17) is 4.74 Å². The summed E-state index contributed by atoms with van der Waals surface area (Å²) in [5, 5.41) is 0. The van der Waals surface area contributed by atoms with Gasteiger partial charge in [-0.25, -0.2) is 9.78 Å². The molecule has 0 atom stereocenters. The lowest BCUT2D eigenvalue weighted by Crippen LogP contribution is -2.03. The van der Waals surface area contributed by atoms with Crippen LogP contribution in [0.25, 0.3) is 0 Å². The zero-order valence-electron chi connectivity index (χ0n) is 13.3. The molecule has 1 aromatic heterocycles. The smallest absolute Gasteiger partial charge is 0.339 e. The molecular formula is C17H16BrNO4. The predicted molar refractivity (Wildman–Crippen MR) is 89.3 cm³/mol. The Morgan fingerprint density at radius 1 is 1.09 bits per heavy atom. The topological polar surface area (TPSA) is 65.5 Å². The van der Waals surface area contributed by atoms with Crippen molar-refractivity contribution in [1.82, 2.24) is 4.98 Å². The Hall–Kier alpha value is -2.21. The number of hydrogen-bond acceptors (Lipinski definition) is 5. The molecule has 0 saturated carbocycles. The van der Waals surface area contributed by atoms with Gasteiger partial charge in [0.15, 0.2) is 5.78 Å². The van der Waals surface area contributed by atoms with Gasteiger partial charge in [-0.3, -0.25) is 4.79 Å². The lowest BCUT2D eigenvalue weighted by atomic mass is 10.0. The Kier molecular flexibility index (Phi) is 5.15. The standard InChI is InChI=1S/C17H16BrNO4/c1-9-5-12(11(3)20)6-10(2)15(9)23-16-14(18)7-13(8-19-16)17(21)22-4/h5-8H,1-4H3. The fraction of sp³-hybridized carbons (Fsp3) is 0.235. The predicted octanol–water partition coefficient (Wildman–Crippen LogP) is 4.24. The van der Waals surface area contributed by atoms with Crippen LogP contribution in [0, 0.1) is 13.8 Å². The molecule has 0 saturated heterocycles. The fourth-order valence-electron chi connectivity index (χ4n) is 2.14. The van der Waals surface area contributed by atoms with E-state index < -0.39 is 5.97 Å². The second-order valence-corrected chi connectivity index (χ2v) is 5.95. The van der Waals surface area contributed by atoms with Crippen LogP contribution in [0.2, 0.25) is 0 Å². The van der Waals surface area contributed by atoms with Crippen molar-refractivity contribution in [2.24, 2.45) is 0 Å². The van der Waals surface area contributed by atoms with E-state index in [2.05, 4.69) is 25.7 Å². The Morgan fingerprint density at radius 2 is 1.70 bits per heavy atom. The lowest BCUT2D eigenvalue weighted by molar-refractivity contribution is 0.0600. The van der Waals surface area contributed by atoms with E-state index in [9.17, 15) is 9.59 Å². The van der Waals surface area contributed by atoms with Gasteiger partial charge in [0, 0.05) is 11.8 Å². The number of halogens is 1. The summed E-state index contributed by atoms with van der Waals surface area (Å²) < 4.78 is 11.0. The molecule has 0 radical (unpaired) electrons. The molecule has 0 unspecified atom stereocenters. The fourth-order valence-corrected chi connectivity index (χ4v) is 2.57. The Morgan fingerprint density at radius 3 is 2.17 bits per heavy atom. The molecule has 0 aliphatic rings. The summed E-state index contributed by atoms with van der Waals surface area (Å²) >= 11 is 3.34.